The number of nitrogens with zero attached hydrogens (tertiary/aromatic N) is 3. The molecule has 5 aliphatic rings. The molecule has 6 heterocycles. The smallest absolute Gasteiger partial charge is 0.258 e. The number of aromatic nitrogens is 2. The molecule has 0 aliphatic carbocycles. The van der Waals surface area contributed by atoms with Crippen molar-refractivity contribution in [2.75, 3.05) is 26.8 Å². The fourth-order valence-corrected chi connectivity index (χ4v) is 5.54. The van der Waals surface area contributed by atoms with Crippen molar-refractivity contribution in [1.29, 1.82) is 0 Å². The van der Waals surface area contributed by atoms with Crippen LogP contribution in [0.2, 0.25) is 0 Å². The third-order valence-corrected chi connectivity index (χ3v) is 7.99. The Balaban J connectivity index is 1.21. The lowest BCUT2D eigenvalue weighted by molar-refractivity contribution is -0.125. The Morgan fingerprint density at radius 1 is 0.978 bits per heavy atom. The molecule has 4 bridgehead atoms. The first-order chi connectivity index (χ1) is 21.9. The van der Waals surface area contributed by atoms with E-state index in [-0.39, 0.29) is 37.0 Å². The van der Waals surface area contributed by atoms with Gasteiger partial charge in [0.2, 0.25) is 5.91 Å². The van der Waals surface area contributed by atoms with Crippen molar-refractivity contribution in [2.24, 2.45) is 0 Å². The Bertz CT molecular complexity index is 1640. The molecule has 4 aromatic rings. The third-order valence-electron chi connectivity index (χ3n) is 7.99. The van der Waals surface area contributed by atoms with Crippen molar-refractivity contribution in [1.82, 2.24) is 25.3 Å². The molecule has 1 aromatic heterocycles. The largest absolute Gasteiger partial charge is 0.493 e. The second-order valence-corrected chi connectivity index (χ2v) is 11.1. The molecule has 0 unspecified atom stereocenters. The minimum absolute atomic E-state index is 0.0568. The summed E-state index contributed by atoms with van der Waals surface area (Å²) in [5, 5.41) is 10.2. The molecule has 1 saturated heterocycles. The number of hydrogen-bond acceptors (Lipinski definition) is 7. The van der Waals surface area contributed by atoms with Crippen LogP contribution in [0.4, 0.5) is 0 Å². The third kappa shape index (κ3) is 7.26. The van der Waals surface area contributed by atoms with Crippen LogP contribution in [-0.2, 0) is 22.6 Å². The normalized spacial score (nSPS) is 19.0. The monoisotopic (exact) mass is 609 g/mol. The Hall–Kier alpha value is -5.32. The highest BCUT2D eigenvalue weighted by molar-refractivity contribution is 5.94. The topological polar surface area (TPSA) is 124 Å². The summed E-state index contributed by atoms with van der Waals surface area (Å²) in [7, 11) is 1.53. The number of carbonyl (C=O) groups is 3. The van der Waals surface area contributed by atoms with Gasteiger partial charge in [-0.3, -0.25) is 14.4 Å². The van der Waals surface area contributed by atoms with E-state index in [0.717, 1.165) is 16.8 Å². The SMILES string of the molecule is COc1cc2ccc1OCC(=O)N[C@@H]1CN(C(=O)c3ccc(-n4cccn4)cc3)CC[C@H]1Oc1ccc(cc1)CNC(=O)CC2. The number of piperidine rings is 1. The standard InChI is InChI=1S/C34H35N5O6/c1-43-31-19-23-5-13-30(31)44-22-33(41)37-28-21-38(34(42)25-7-9-26(10-8-25)39-17-2-16-36-39)18-15-29(28)45-27-11-3-24(4-12-27)20-35-32(40)14-6-23/h2-5,7-13,16-17,19,28-29H,6,14-15,18,20-22H2,1H3,(H,35,40)(H,37,41)/t28-,29-/m1/s1. The van der Waals surface area contributed by atoms with Crippen LogP contribution in [0.5, 0.6) is 17.2 Å². The molecule has 9 rings (SSSR count). The first-order valence-corrected chi connectivity index (χ1v) is 15.0. The summed E-state index contributed by atoms with van der Waals surface area (Å²) >= 11 is 0. The summed E-state index contributed by atoms with van der Waals surface area (Å²) in [6, 6.07) is 21.6. The lowest BCUT2D eigenvalue weighted by Gasteiger charge is -2.39. The summed E-state index contributed by atoms with van der Waals surface area (Å²) in [5.74, 6) is 0.995. The predicted octanol–water partition coefficient (Wildman–Crippen LogP) is 3.30. The molecule has 3 amide bonds. The summed E-state index contributed by atoms with van der Waals surface area (Å²) in [4.78, 5) is 40.9. The zero-order valence-electron chi connectivity index (χ0n) is 25.0. The van der Waals surface area contributed by atoms with Crippen molar-refractivity contribution < 1.29 is 28.6 Å². The van der Waals surface area contributed by atoms with Gasteiger partial charge in [-0.05, 0) is 72.1 Å². The molecule has 0 saturated carbocycles. The van der Waals surface area contributed by atoms with Gasteiger partial charge < -0.3 is 29.7 Å². The second kappa shape index (κ2) is 13.5. The highest BCUT2D eigenvalue weighted by atomic mass is 16.5. The van der Waals surface area contributed by atoms with Crippen molar-refractivity contribution in [3.63, 3.8) is 0 Å². The highest BCUT2D eigenvalue weighted by Gasteiger charge is 2.34. The Morgan fingerprint density at radius 3 is 2.53 bits per heavy atom. The highest BCUT2D eigenvalue weighted by Crippen LogP contribution is 2.29. The van der Waals surface area contributed by atoms with E-state index in [2.05, 4.69) is 15.7 Å². The number of amides is 3. The van der Waals surface area contributed by atoms with E-state index in [1.54, 1.807) is 34.0 Å². The molecular weight excluding hydrogens is 574 g/mol. The summed E-state index contributed by atoms with van der Waals surface area (Å²) in [6.45, 7) is 0.870. The summed E-state index contributed by atoms with van der Waals surface area (Å²) in [5.41, 5.74) is 3.26. The zero-order chi connectivity index (χ0) is 31.2. The summed E-state index contributed by atoms with van der Waals surface area (Å²) in [6.07, 6.45) is 4.52. The van der Waals surface area contributed by atoms with Crippen LogP contribution in [0.3, 0.4) is 0 Å². The van der Waals surface area contributed by atoms with E-state index >= 15 is 0 Å². The summed E-state index contributed by atoms with van der Waals surface area (Å²) < 4.78 is 19.4. The van der Waals surface area contributed by atoms with Gasteiger partial charge in [0.15, 0.2) is 18.1 Å². The molecule has 232 valence electrons. The lowest BCUT2D eigenvalue weighted by Crippen LogP contribution is -2.58. The fraction of sp³-hybridized carbons (Fsp3) is 0.294. The number of benzene rings is 3. The fourth-order valence-electron chi connectivity index (χ4n) is 5.54. The number of carbonyl (C=O) groups excluding carboxylic acids is 3. The van der Waals surface area contributed by atoms with E-state index in [9.17, 15) is 14.4 Å². The maximum absolute atomic E-state index is 13.5. The van der Waals surface area contributed by atoms with Crippen LogP contribution in [0, 0.1) is 0 Å². The van der Waals surface area contributed by atoms with Crippen molar-refractivity contribution in [2.45, 2.75) is 38.0 Å². The Labute approximate surface area is 261 Å². The average Bonchev–Trinajstić information content (AvgIpc) is 3.62. The van der Waals surface area contributed by atoms with Gasteiger partial charge in [0.1, 0.15) is 11.9 Å². The molecule has 2 N–H and O–H groups in total. The van der Waals surface area contributed by atoms with Gasteiger partial charge in [-0.25, -0.2) is 4.68 Å². The molecule has 11 heteroatoms. The van der Waals surface area contributed by atoms with Crippen molar-refractivity contribution >= 4 is 17.7 Å². The minimum atomic E-state index is -0.490. The van der Waals surface area contributed by atoms with Crippen LogP contribution in [0.1, 0.15) is 34.3 Å². The first kappa shape index (κ1) is 29.7. The molecular formula is C34H35N5O6. The van der Waals surface area contributed by atoms with Gasteiger partial charge in [0, 0.05) is 50.4 Å². The van der Waals surface area contributed by atoms with E-state index in [1.807, 2.05) is 60.8 Å². The van der Waals surface area contributed by atoms with E-state index in [1.165, 1.54) is 7.11 Å². The quantitative estimate of drug-likeness (QED) is 0.365. The van der Waals surface area contributed by atoms with Gasteiger partial charge in [-0.2, -0.15) is 5.10 Å². The number of methoxy groups -OCH3 is 1. The van der Waals surface area contributed by atoms with Gasteiger partial charge >= 0.3 is 0 Å². The van der Waals surface area contributed by atoms with Crippen LogP contribution in [-0.4, -0.2) is 71.4 Å². The number of rotatable bonds is 3. The van der Waals surface area contributed by atoms with E-state index in [0.29, 0.717) is 55.2 Å². The van der Waals surface area contributed by atoms with Crippen LogP contribution in [0.15, 0.2) is 85.2 Å². The second-order valence-electron chi connectivity index (χ2n) is 11.1. The maximum Gasteiger partial charge on any atom is 0.258 e. The van der Waals surface area contributed by atoms with Gasteiger partial charge in [0.05, 0.1) is 18.8 Å². The number of ether oxygens (including phenoxy) is 3. The Kier molecular flexibility index (Phi) is 8.95. The van der Waals surface area contributed by atoms with Crippen molar-refractivity contribution in [3.05, 3.63) is 102 Å². The first-order valence-electron chi connectivity index (χ1n) is 15.0. The average molecular weight is 610 g/mol. The molecule has 11 nitrogen and oxygen atoms in total. The molecule has 2 atom stereocenters. The molecule has 3 aromatic carbocycles. The number of hydrogen-bond donors (Lipinski definition) is 2. The van der Waals surface area contributed by atoms with Crippen LogP contribution >= 0.6 is 0 Å². The van der Waals surface area contributed by atoms with Gasteiger partial charge in [0.25, 0.3) is 11.8 Å². The predicted molar refractivity (Wildman–Crippen MR) is 166 cm³/mol. The van der Waals surface area contributed by atoms with Crippen LogP contribution in [0.25, 0.3) is 5.69 Å². The lowest BCUT2D eigenvalue weighted by atomic mass is 10.0. The number of aryl methyl sites for hydroxylation is 1. The molecule has 0 radical (unpaired) electrons. The molecule has 0 spiro atoms. The Morgan fingerprint density at radius 2 is 1.78 bits per heavy atom. The molecule has 5 aliphatic heterocycles. The van der Waals surface area contributed by atoms with Gasteiger partial charge in [-0.15, -0.1) is 0 Å². The maximum atomic E-state index is 13.5. The number of likely N-dealkylation sites (tertiary alicyclic amines) is 1. The molecule has 45 heavy (non-hydrogen) atoms. The van der Waals surface area contributed by atoms with Gasteiger partial charge in [-0.1, -0.05) is 18.2 Å². The zero-order valence-corrected chi connectivity index (χ0v) is 25.0. The van der Waals surface area contributed by atoms with Crippen molar-refractivity contribution in [3.8, 4) is 22.9 Å². The van der Waals surface area contributed by atoms with E-state index < -0.39 is 6.04 Å². The number of nitrogens with one attached hydrogen (secondary N) is 2. The molecule has 1 fully saturated rings. The van der Waals surface area contributed by atoms with E-state index in [4.69, 9.17) is 14.2 Å². The van der Waals surface area contributed by atoms with Crippen LogP contribution < -0.4 is 24.8 Å². The minimum Gasteiger partial charge on any atom is -0.493 e.